The predicted octanol–water partition coefficient (Wildman–Crippen LogP) is 3.92. The number of piperazine rings is 1. The summed E-state index contributed by atoms with van der Waals surface area (Å²) >= 11 is 0. The van der Waals surface area contributed by atoms with Crippen molar-refractivity contribution in [2.75, 3.05) is 31.5 Å². The van der Waals surface area contributed by atoms with E-state index in [2.05, 4.69) is 10.2 Å². The highest BCUT2D eigenvalue weighted by molar-refractivity contribution is 5.95. The van der Waals surface area contributed by atoms with Gasteiger partial charge in [0.15, 0.2) is 0 Å². The molecule has 164 valence electrons. The van der Waals surface area contributed by atoms with Gasteiger partial charge in [-0.15, -0.1) is 0 Å². The molecule has 2 fully saturated rings. The lowest BCUT2D eigenvalue weighted by atomic mass is 9.94. The van der Waals surface area contributed by atoms with Crippen LogP contribution < -0.4 is 5.32 Å². The van der Waals surface area contributed by atoms with E-state index in [-0.39, 0.29) is 17.5 Å². The number of benzene rings is 2. The summed E-state index contributed by atoms with van der Waals surface area (Å²) in [4.78, 5) is 29.6. The summed E-state index contributed by atoms with van der Waals surface area (Å²) in [7, 11) is 0. The predicted molar refractivity (Wildman–Crippen MR) is 115 cm³/mol. The number of nitrogens with zero attached hydrogens (tertiary/aromatic N) is 2. The van der Waals surface area contributed by atoms with E-state index >= 15 is 0 Å². The summed E-state index contributed by atoms with van der Waals surface area (Å²) in [5.74, 6) is -1.72. The van der Waals surface area contributed by atoms with Crippen LogP contribution in [0, 0.1) is 17.6 Å². The number of halogens is 2. The van der Waals surface area contributed by atoms with Gasteiger partial charge in [0, 0.05) is 37.9 Å². The smallest absolute Gasteiger partial charge is 0.256 e. The van der Waals surface area contributed by atoms with Crippen molar-refractivity contribution in [3.05, 3.63) is 65.7 Å². The van der Waals surface area contributed by atoms with E-state index in [1.165, 1.54) is 6.07 Å². The molecule has 1 saturated carbocycles. The minimum atomic E-state index is -0.849. The van der Waals surface area contributed by atoms with Crippen LogP contribution in [-0.2, 0) is 4.79 Å². The fourth-order valence-electron chi connectivity index (χ4n) is 4.73. The molecule has 1 atom stereocenters. The van der Waals surface area contributed by atoms with Gasteiger partial charge in [-0.3, -0.25) is 14.5 Å². The summed E-state index contributed by atoms with van der Waals surface area (Å²) < 4.78 is 27.2. The Morgan fingerprint density at radius 2 is 1.61 bits per heavy atom. The van der Waals surface area contributed by atoms with Gasteiger partial charge in [-0.25, -0.2) is 8.78 Å². The van der Waals surface area contributed by atoms with Crippen molar-refractivity contribution in [3.63, 3.8) is 0 Å². The van der Waals surface area contributed by atoms with E-state index in [0.29, 0.717) is 32.1 Å². The average molecular weight is 427 g/mol. The largest absolute Gasteiger partial charge is 0.336 e. The van der Waals surface area contributed by atoms with Crippen LogP contribution in [0.4, 0.5) is 14.5 Å². The molecule has 4 rings (SSSR count). The first-order valence-corrected chi connectivity index (χ1v) is 10.9. The third-order valence-electron chi connectivity index (χ3n) is 6.31. The molecule has 0 bridgehead atoms. The molecule has 5 nitrogen and oxygen atoms in total. The molecule has 2 aromatic carbocycles. The van der Waals surface area contributed by atoms with Crippen LogP contribution in [0.2, 0.25) is 0 Å². The molecule has 1 unspecified atom stereocenters. The molecule has 2 aliphatic rings. The quantitative estimate of drug-likeness (QED) is 0.787. The number of nitrogens with one attached hydrogen (secondary N) is 1. The first kappa shape index (κ1) is 21.4. The second-order valence-corrected chi connectivity index (χ2v) is 8.30. The minimum Gasteiger partial charge on any atom is -0.336 e. The van der Waals surface area contributed by atoms with Crippen molar-refractivity contribution in [2.24, 2.45) is 5.92 Å². The van der Waals surface area contributed by atoms with Crippen molar-refractivity contribution in [1.29, 1.82) is 0 Å². The molecule has 0 radical (unpaired) electrons. The highest BCUT2D eigenvalue weighted by Gasteiger charge is 2.37. The zero-order valence-electron chi connectivity index (χ0n) is 17.4. The van der Waals surface area contributed by atoms with Crippen molar-refractivity contribution in [2.45, 2.75) is 31.7 Å². The zero-order chi connectivity index (χ0) is 21.8. The molecule has 1 saturated heterocycles. The highest BCUT2D eigenvalue weighted by Crippen LogP contribution is 2.32. The number of anilines is 1. The van der Waals surface area contributed by atoms with Gasteiger partial charge in [0.05, 0.1) is 11.6 Å². The number of carbonyl (C=O) groups is 2. The summed E-state index contributed by atoms with van der Waals surface area (Å²) in [6.45, 7) is 1.88. The maximum atomic E-state index is 14.0. The lowest BCUT2D eigenvalue weighted by Crippen LogP contribution is -2.57. The van der Waals surface area contributed by atoms with Gasteiger partial charge >= 0.3 is 0 Å². The molecule has 1 aliphatic heterocycles. The number of carbonyl (C=O) groups excluding carboxylic acids is 2. The molecule has 2 amide bonds. The molecule has 31 heavy (non-hydrogen) atoms. The third kappa shape index (κ3) is 4.93. The van der Waals surface area contributed by atoms with E-state index in [1.807, 2.05) is 30.3 Å². The molecule has 0 spiro atoms. The summed E-state index contributed by atoms with van der Waals surface area (Å²) in [5, 5.41) is 3.04. The van der Waals surface area contributed by atoms with E-state index in [4.69, 9.17) is 0 Å². The van der Waals surface area contributed by atoms with Gasteiger partial charge in [-0.05, 0) is 43.0 Å². The van der Waals surface area contributed by atoms with Gasteiger partial charge < -0.3 is 10.2 Å². The van der Waals surface area contributed by atoms with Gasteiger partial charge in [0.2, 0.25) is 5.91 Å². The Hall–Kier alpha value is -2.80. The van der Waals surface area contributed by atoms with Gasteiger partial charge in [-0.2, -0.15) is 0 Å². The standard InChI is InChI=1S/C24H27F2N3O2/c25-18-10-11-20(21(26)16-18)24(31)29-14-12-28(13-15-29)22(17-6-4-5-7-17)23(30)27-19-8-2-1-3-9-19/h1-3,8-11,16-17,22H,4-7,12-15H2,(H,27,30). The van der Waals surface area contributed by atoms with E-state index in [0.717, 1.165) is 43.5 Å². The molecule has 1 heterocycles. The summed E-state index contributed by atoms with van der Waals surface area (Å²) in [5.41, 5.74) is 0.653. The van der Waals surface area contributed by atoms with Crippen LogP contribution in [-0.4, -0.2) is 53.8 Å². The van der Waals surface area contributed by atoms with Crippen molar-refractivity contribution < 1.29 is 18.4 Å². The molecule has 2 aromatic rings. The normalized spacial score (nSPS) is 18.7. The molecule has 1 N–H and O–H groups in total. The Balaban J connectivity index is 1.43. The van der Waals surface area contributed by atoms with E-state index in [1.54, 1.807) is 4.90 Å². The number of rotatable bonds is 5. The average Bonchev–Trinajstić information content (AvgIpc) is 3.29. The number of hydrogen-bond donors (Lipinski definition) is 1. The van der Waals surface area contributed by atoms with Crippen LogP contribution in [0.25, 0.3) is 0 Å². The molecule has 0 aromatic heterocycles. The van der Waals surface area contributed by atoms with Gasteiger partial charge in [-0.1, -0.05) is 31.0 Å². The molecule has 1 aliphatic carbocycles. The molecular weight excluding hydrogens is 400 g/mol. The topological polar surface area (TPSA) is 52.7 Å². The second kappa shape index (κ2) is 9.56. The molecule has 7 heteroatoms. The van der Waals surface area contributed by atoms with Crippen LogP contribution >= 0.6 is 0 Å². The SMILES string of the molecule is O=C(Nc1ccccc1)C(C1CCCC1)N1CCN(C(=O)c2ccc(F)cc2F)CC1. The zero-order valence-corrected chi connectivity index (χ0v) is 17.4. The Morgan fingerprint density at radius 3 is 2.26 bits per heavy atom. The van der Waals surface area contributed by atoms with Gasteiger partial charge in [0.25, 0.3) is 5.91 Å². The van der Waals surface area contributed by atoms with Crippen molar-refractivity contribution >= 4 is 17.5 Å². The fourth-order valence-corrected chi connectivity index (χ4v) is 4.73. The lowest BCUT2D eigenvalue weighted by molar-refractivity contribution is -0.123. The Morgan fingerprint density at radius 1 is 0.935 bits per heavy atom. The van der Waals surface area contributed by atoms with Crippen LogP contribution in [0.15, 0.2) is 48.5 Å². The van der Waals surface area contributed by atoms with Gasteiger partial charge in [0.1, 0.15) is 11.6 Å². The molecular formula is C24H27F2N3O2. The van der Waals surface area contributed by atoms with Crippen LogP contribution in [0.3, 0.4) is 0 Å². The second-order valence-electron chi connectivity index (χ2n) is 8.30. The maximum Gasteiger partial charge on any atom is 0.256 e. The highest BCUT2D eigenvalue weighted by atomic mass is 19.1. The van der Waals surface area contributed by atoms with Crippen molar-refractivity contribution in [1.82, 2.24) is 9.80 Å². The van der Waals surface area contributed by atoms with E-state index in [9.17, 15) is 18.4 Å². The maximum absolute atomic E-state index is 14.0. The monoisotopic (exact) mass is 427 g/mol. The Kier molecular flexibility index (Phi) is 6.61. The third-order valence-corrected chi connectivity index (χ3v) is 6.31. The first-order chi connectivity index (χ1) is 15.0. The number of para-hydroxylation sites is 1. The van der Waals surface area contributed by atoms with Crippen LogP contribution in [0.1, 0.15) is 36.0 Å². The number of hydrogen-bond acceptors (Lipinski definition) is 3. The Labute approximate surface area is 181 Å². The Bertz CT molecular complexity index is 924. The van der Waals surface area contributed by atoms with E-state index < -0.39 is 17.5 Å². The number of amides is 2. The summed E-state index contributed by atoms with van der Waals surface area (Å²) in [6, 6.07) is 12.2. The fraction of sp³-hybridized carbons (Fsp3) is 0.417. The lowest BCUT2D eigenvalue weighted by Gasteiger charge is -2.40. The van der Waals surface area contributed by atoms with Crippen molar-refractivity contribution in [3.8, 4) is 0 Å². The minimum absolute atomic E-state index is 0.0116. The first-order valence-electron chi connectivity index (χ1n) is 10.9. The van der Waals surface area contributed by atoms with Crippen LogP contribution in [0.5, 0.6) is 0 Å². The summed E-state index contributed by atoms with van der Waals surface area (Å²) in [6.07, 6.45) is 4.30.